The summed E-state index contributed by atoms with van der Waals surface area (Å²) in [6.45, 7) is 5.02. The van der Waals surface area contributed by atoms with Crippen molar-refractivity contribution in [1.82, 2.24) is 15.2 Å². The smallest absolute Gasteiger partial charge is 0.237 e. The summed E-state index contributed by atoms with van der Waals surface area (Å²) in [5.74, 6) is 0.215. The predicted octanol–water partition coefficient (Wildman–Crippen LogP) is 3.61. The molecule has 1 N–H and O–H groups in total. The van der Waals surface area contributed by atoms with Crippen molar-refractivity contribution in [2.75, 3.05) is 19.6 Å². The number of carbonyl (C=O) groups excluding carboxylic acids is 1. The van der Waals surface area contributed by atoms with Crippen molar-refractivity contribution in [2.24, 2.45) is 0 Å². The lowest BCUT2D eigenvalue weighted by atomic mass is 10.0. The van der Waals surface area contributed by atoms with Gasteiger partial charge in [0.2, 0.25) is 5.91 Å². The number of benzene rings is 1. The van der Waals surface area contributed by atoms with Crippen molar-refractivity contribution in [3.8, 4) is 0 Å². The van der Waals surface area contributed by atoms with Gasteiger partial charge < -0.3 is 5.32 Å². The van der Waals surface area contributed by atoms with Gasteiger partial charge in [0.15, 0.2) is 0 Å². The van der Waals surface area contributed by atoms with Crippen LogP contribution in [0.1, 0.15) is 44.0 Å². The van der Waals surface area contributed by atoms with Gasteiger partial charge in [0.05, 0.1) is 21.3 Å². The molecule has 2 heterocycles. The SMILES string of the molecule is CCCN1CCCCC1C(=O)NCCCc1nc2ccccc2s1. The minimum absolute atomic E-state index is 0.0844. The molecule has 1 aliphatic heterocycles. The third-order valence-electron chi connectivity index (χ3n) is 4.63. The Morgan fingerprint density at radius 3 is 3.08 bits per heavy atom. The number of carbonyl (C=O) groups is 1. The molecule has 2 aromatic rings. The molecule has 3 rings (SSSR count). The Balaban J connectivity index is 1.44. The summed E-state index contributed by atoms with van der Waals surface area (Å²) in [5.41, 5.74) is 1.08. The van der Waals surface area contributed by atoms with Gasteiger partial charge in [-0.2, -0.15) is 0 Å². The van der Waals surface area contributed by atoms with E-state index in [1.54, 1.807) is 11.3 Å². The van der Waals surface area contributed by atoms with Gasteiger partial charge in [0.1, 0.15) is 0 Å². The summed E-state index contributed by atoms with van der Waals surface area (Å²) in [7, 11) is 0. The molecule has 0 bridgehead atoms. The van der Waals surface area contributed by atoms with Gasteiger partial charge in [-0.05, 0) is 50.9 Å². The molecule has 1 atom stereocenters. The Kier molecular flexibility index (Phi) is 6.21. The van der Waals surface area contributed by atoms with Crippen molar-refractivity contribution in [2.45, 2.75) is 51.5 Å². The second kappa shape index (κ2) is 8.58. The highest BCUT2D eigenvalue weighted by molar-refractivity contribution is 7.18. The summed E-state index contributed by atoms with van der Waals surface area (Å²) >= 11 is 1.76. The maximum Gasteiger partial charge on any atom is 0.237 e. The number of nitrogens with zero attached hydrogens (tertiary/aromatic N) is 2. The van der Waals surface area contributed by atoms with Crippen LogP contribution in [0.3, 0.4) is 0 Å². The molecule has 0 saturated carbocycles. The van der Waals surface area contributed by atoms with Crippen LogP contribution >= 0.6 is 11.3 Å². The summed E-state index contributed by atoms with van der Waals surface area (Å²) in [6, 6.07) is 8.34. The number of amides is 1. The van der Waals surface area contributed by atoms with E-state index in [2.05, 4.69) is 40.3 Å². The third kappa shape index (κ3) is 4.33. The van der Waals surface area contributed by atoms with Gasteiger partial charge in [-0.1, -0.05) is 25.5 Å². The maximum atomic E-state index is 12.5. The number of aromatic nitrogens is 1. The Labute approximate surface area is 148 Å². The Morgan fingerprint density at radius 2 is 2.25 bits per heavy atom. The first-order valence-corrected chi connectivity index (χ1v) is 9.96. The minimum atomic E-state index is 0.0844. The number of nitrogens with one attached hydrogen (secondary N) is 1. The molecule has 1 saturated heterocycles. The molecule has 130 valence electrons. The fourth-order valence-electron chi connectivity index (χ4n) is 3.44. The number of aryl methyl sites for hydroxylation is 1. The predicted molar refractivity (Wildman–Crippen MR) is 100 cm³/mol. The van der Waals surface area contributed by atoms with E-state index in [-0.39, 0.29) is 11.9 Å². The van der Waals surface area contributed by atoms with Crippen LogP contribution in [0.2, 0.25) is 0 Å². The standard InChI is InChI=1S/C19H27N3OS/c1-2-13-22-14-6-5-9-16(22)19(23)20-12-7-11-18-21-15-8-3-4-10-17(15)24-18/h3-4,8,10,16H,2,5-7,9,11-14H2,1H3,(H,20,23). The Bertz CT molecular complexity index is 634. The highest BCUT2D eigenvalue weighted by atomic mass is 32.1. The molecule has 1 amide bonds. The average Bonchev–Trinajstić information content (AvgIpc) is 3.02. The number of piperidine rings is 1. The van der Waals surface area contributed by atoms with E-state index in [0.717, 1.165) is 55.8 Å². The van der Waals surface area contributed by atoms with Gasteiger partial charge in [0.25, 0.3) is 0 Å². The first-order chi connectivity index (χ1) is 11.8. The molecule has 1 aromatic carbocycles. The van der Waals surface area contributed by atoms with E-state index in [9.17, 15) is 4.79 Å². The van der Waals surface area contributed by atoms with Gasteiger partial charge in [0, 0.05) is 13.0 Å². The fraction of sp³-hybridized carbons (Fsp3) is 0.579. The van der Waals surface area contributed by atoms with Gasteiger partial charge in [-0.3, -0.25) is 9.69 Å². The zero-order valence-electron chi connectivity index (χ0n) is 14.5. The Hall–Kier alpha value is -1.46. The molecule has 0 radical (unpaired) electrons. The van der Waals surface area contributed by atoms with E-state index >= 15 is 0 Å². The number of para-hydroxylation sites is 1. The molecular weight excluding hydrogens is 318 g/mol. The monoisotopic (exact) mass is 345 g/mol. The van der Waals surface area contributed by atoms with Crippen molar-refractivity contribution in [1.29, 1.82) is 0 Å². The first-order valence-electron chi connectivity index (χ1n) is 9.14. The van der Waals surface area contributed by atoms with Crippen molar-refractivity contribution in [3.05, 3.63) is 29.3 Å². The number of thiazole rings is 1. The van der Waals surface area contributed by atoms with Crippen LogP contribution in [0.25, 0.3) is 10.2 Å². The highest BCUT2D eigenvalue weighted by Gasteiger charge is 2.27. The summed E-state index contributed by atoms with van der Waals surface area (Å²) in [4.78, 5) is 19.5. The lowest BCUT2D eigenvalue weighted by molar-refractivity contribution is -0.127. The molecule has 1 aromatic heterocycles. The minimum Gasteiger partial charge on any atom is -0.355 e. The zero-order chi connectivity index (χ0) is 16.8. The second-order valence-corrected chi connectivity index (χ2v) is 7.63. The first kappa shape index (κ1) is 17.4. The van der Waals surface area contributed by atoms with E-state index in [0.29, 0.717) is 0 Å². The molecule has 5 heteroatoms. The van der Waals surface area contributed by atoms with Crippen LogP contribution in [-0.2, 0) is 11.2 Å². The summed E-state index contributed by atoms with van der Waals surface area (Å²) in [6.07, 6.45) is 6.39. The number of likely N-dealkylation sites (tertiary alicyclic amines) is 1. The lowest BCUT2D eigenvalue weighted by Crippen LogP contribution is -2.49. The van der Waals surface area contributed by atoms with Crippen molar-refractivity contribution in [3.63, 3.8) is 0 Å². The van der Waals surface area contributed by atoms with Crippen LogP contribution in [-0.4, -0.2) is 41.5 Å². The van der Waals surface area contributed by atoms with Gasteiger partial charge in [-0.25, -0.2) is 4.98 Å². The van der Waals surface area contributed by atoms with Crippen LogP contribution < -0.4 is 5.32 Å². The largest absolute Gasteiger partial charge is 0.355 e. The molecule has 1 unspecified atom stereocenters. The maximum absolute atomic E-state index is 12.5. The molecule has 24 heavy (non-hydrogen) atoms. The molecule has 0 spiro atoms. The van der Waals surface area contributed by atoms with Crippen LogP contribution in [0.15, 0.2) is 24.3 Å². The molecule has 1 fully saturated rings. The fourth-order valence-corrected chi connectivity index (χ4v) is 4.45. The number of rotatable bonds is 7. The van der Waals surface area contributed by atoms with E-state index in [4.69, 9.17) is 0 Å². The number of hydrogen-bond acceptors (Lipinski definition) is 4. The van der Waals surface area contributed by atoms with Crippen LogP contribution in [0, 0.1) is 0 Å². The van der Waals surface area contributed by atoms with Crippen LogP contribution in [0.4, 0.5) is 0 Å². The van der Waals surface area contributed by atoms with E-state index in [1.807, 2.05) is 6.07 Å². The molecular formula is C19H27N3OS. The Morgan fingerprint density at radius 1 is 1.38 bits per heavy atom. The summed E-state index contributed by atoms with van der Waals surface area (Å²) in [5, 5.41) is 4.30. The van der Waals surface area contributed by atoms with Crippen molar-refractivity contribution >= 4 is 27.5 Å². The van der Waals surface area contributed by atoms with E-state index in [1.165, 1.54) is 17.5 Å². The number of hydrogen-bond donors (Lipinski definition) is 1. The van der Waals surface area contributed by atoms with Gasteiger partial charge in [-0.15, -0.1) is 11.3 Å². The van der Waals surface area contributed by atoms with Crippen molar-refractivity contribution < 1.29 is 4.79 Å². The molecule has 4 nitrogen and oxygen atoms in total. The molecule has 0 aliphatic carbocycles. The quantitative estimate of drug-likeness (QED) is 0.780. The topological polar surface area (TPSA) is 45.2 Å². The normalized spacial score (nSPS) is 18.8. The molecule has 1 aliphatic rings. The average molecular weight is 346 g/mol. The summed E-state index contributed by atoms with van der Waals surface area (Å²) < 4.78 is 1.24. The van der Waals surface area contributed by atoms with E-state index < -0.39 is 0 Å². The lowest BCUT2D eigenvalue weighted by Gasteiger charge is -2.34. The second-order valence-electron chi connectivity index (χ2n) is 6.52. The van der Waals surface area contributed by atoms with Crippen LogP contribution in [0.5, 0.6) is 0 Å². The third-order valence-corrected chi connectivity index (χ3v) is 5.73. The van der Waals surface area contributed by atoms with Gasteiger partial charge >= 0.3 is 0 Å². The number of fused-ring (bicyclic) bond motifs is 1. The zero-order valence-corrected chi connectivity index (χ0v) is 15.3. The highest BCUT2D eigenvalue weighted by Crippen LogP contribution is 2.22.